The molecule has 1 amide bonds. The van der Waals surface area contributed by atoms with Crippen LogP contribution in [-0.2, 0) is 20.4 Å². The van der Waals surface area contributed by atoms with Crippen LogP contribution in [0.4, 0.5) is 0 Å². The summed E-state index contributed by atoms with van der Waals surface area (Å²) in [6.45, 7) is 2.98. The van der Waals surface area contributed by atoms with Gasteiger partial charge in [-0.15, -0.1) is 0 Å². The molecule has 92 valence electrons. The van der Waals surface area contributed by atoms with Gasteiger partial charge in [0.1, 0.15) is 5.75 Å². The summed E-state index contributed by atoms with van der Waals surface area (Å²) in [6, 6.07) is 0. The molecule has 1 rings (SSSR count). The SMILES string of the molecule is CC(CS(=O)CC(=O)N1CCCC1)C(=O)O. The summed E-state index contributed by atoms with van der Waals surface area (Å²) >= 11 is 0. The monoisotopic (exact) mass is 247 g/mol. The third-order valence-corrected chi connectivity index (χ3v) is 4.04. The first-order valence-corrected chi connectivity index (χ1v) is 6.85. The Morgan fingerprint density at radius 2 is 1.94 bits per heavy atom. The van der Waals surface area contributed by atoms with Gasteiger partial charge in [0.05, 0.1) is 5.92 Å². The molecule has 1 aliphatic rings. The molecule has 0 radical (unpaired) electrons. The van der Waals surface area contributed by atoms with E-state index in [4.69, 9.17) is 5.11 Å². The number of carbonyl (C=O) groups excluding carboxylic acids is 1. The Kier molecular flexibility index (Phi) is 4.92. The fourth-order valence-electron chi connectivity index (χ4n) is 1.60. The average Bonchev–Trinajstić information content (AvgIpc) is 2.69. The van der Waals surface area contributed by atoms with Crippen LogP contribution in [0.25, 0.3) is 0 Å². The summed E-state index contributed by atoms with van der Waals surface area (Å²) < 4.78 is 11.5. The number of amides is 1. The smallest absolute Gasteiger partial charge is 0.307 e. The Bertz CT molecular complexity index is 299. The zero-order valence-corrected chi connectivity index (χ0v) is 10.2. The lowest BCUT2D eigenvalue weighted by Gasteiger charge is -2.15. The largest absolute Gasteiger partial charge is 0.481 e. The fourth-order valence-corrected chi connectivity index (χ4v) is 2.88. The molecule has 2 atom stereocenters. The van der Waals surface area contributed by atoms with Gasteiger partial charge in [-0.3, -0.25) is 13.8 Å². The van der Waals surface area contributed by atoms with Crippen LogP contribution in [0.5, 0.6) is 0 Å². The van der Waals surface area contributed by atoms with Crippen LogP contribution in [0.2, 0.25) is 0 Å². The Morgan fingerprint density at radius 1 is 1.38 bits per heavy atom. The third-order valence-electron chi connectivity index (χ3n) is 2.60. The minimum absolute atomic E-state index is 0.0440. The van der Waals surface area contributed by atoms with Crippen molar-refractivity contribution in [3.63, 3.8) is 0 Å². The number of hydrogen-bond donors (Lipinski definition) is 1. The fraction of sp³-hybridized carbons (Fsp3) is 0.800. The van der Waals surface area contributed by atoms with Gasteiger partial charge in [-0.25, -0.2) is 0 Å². The standard InChI is InChI=1S/C10H17NO4S/c1-8(10(13)14)6-16(15)7-9(12)11-4-2-3-5-11/h8H,2-7H2,1H3,(H,13,14). The summed E-state index contributed by atoms with van der Waals surface area (Å²) in [6.07, 6.45) is 2.01. The van der Waals surface area contributed by atoms with Crippen LogP contribution in [0, 0.1) is 5.92 Å². The van der Waals surface area contributed by atoms with E-state index in [1.807, 2.05) is 0 Å². The van der Waals surface area contributed by atoms with Gasteiger partial charge in [0, 0.05) is 29.6 Å². The van der Waals surface area contributed by atoms with Crippen LogP contribution in [0.15, 0.2) is 0 Å². The summed E-state index contributed by atoms with van der Waals surface area (Å²) in [5, 5.41) is 8.65. The van der Waals surface area contributed by atoms with Gasteiger partial charge in [-0.2, -0.15) is 0 Å². The third kappa shape index (κ3) is 3.92. The molecule has 0 aromatic rings. The highest BCUT2D eigenvalue weighted by Gasteiger charge is 2.22. The van der Waals surface area contributed by atoms with Crippen LogP contribution in [0.3, 0.4) is 0 Å². The first kappa shape index (κ1) is 13.2. The second-order valence-electron chi connectivity index (χ2n) is 4.08. The zero-order chi connectivity index (χ0) is 12.1. The van der Waals surface area contributed by atoms with Crippen molar-refractivity contribution in [1.29, 1.82) is 0 Å². The first-order chi connectivity index (χ1) is 7.50. The molecule has 1 aliphatic heterocycles. The van der Waals surface area contributed by atoms with Crippen molar-refractivity contribution in [1.82, 2.24) is 4.90 Å². The number of hydrogen-bond acceptors (Lipinski definition) is 3. The Balaban J connectivity index is 2.33. The number of carbonyl (C=O) groups is 2. The summed E-state index contributed by atoms with van der Waals surface area (Å²) in [5.41, 5.74) is 0. The van der Waals surface area contributed by atoms with Gasteiger partial charge >= 0.3 is 5.97 Å². The van der Waals surface area contributed by atoms with E-state index < -0.39 is 22.7 Å². The number of aliphatic carboxylic acids is 1. The van der Waals surface area contributed by atoms with E-state index in [0.717, 1.165) is 25.9 Å². The number of rotatable bonds is 5. The predicted octanol–water partition coefficient (Wildman–Crippen LogP) is 0.0782. The normalized spacial score (nSPS) is 19.4. The topological polar surface area (TPSA) is 74.7 Å². The molecule has 0 aromatic heterocycles. The van der Waals surface area contributed by atoms with E-state index in [-0.39, 0.29) is 17.4 Å². The summed E-state index contributed by atoms with van der Waals surface area (Å²) in [5.74, 6) is -1.74. The molecular weight excluding hydrogens is 230 g/mol. The minimum atomic E-state index is -1.37. The number of nitrogens with zero attached hydrogens (tertiary/aromatic N) is 1. The molecule has 6 heteroatoms. The van der Waals surface area contributed by atoms with Crippen molar-refractivity contribution in [2.75, 3.05) is 24.6 Å². The number of carboxylic acids is 1. The maximum atomic E-state index is 11.6. The average molecular weight is 247 g/mol. The van der Waals surface area contributed by atoms with E-state index in [1.165, 1.54) is 6.92 Å². The molecule has 2 unspecified atom stereocenters. The quantitative estimate of drug-likeness (QED) is 0.746. The van der Waals surface area contributed by atoms with E-state index in [9.17, 15) is 13.8 Å². The highest BCUT2D eigenvalue weighted by molar-refractivity contribution is 7.85. The number of carboxylic acid groups (broad SMARTS) is 1. The van der Waals surface area contributed by atoms with Gasteiger partial charge in [0.2, 0.25) is 5.91 Å². The maximum absolute atomic E-state index is 11.6. The molecule has 0 aliphatic carbocycles. The van der Waals surface area contributed by atoms with E-state index >= 15 is 0 Å². The van der Waals surface area contributed by atoms with E-state index in [2.05, 4.69) is 0 Å². The maximum Gasteiger partial charge on any atom is 0.307 e. The lowest BCUT2D eigenvalue weighted by Crippen LogP contribution is -2.33. The second-order valence-corrected chi connectivity index (χ2v) is 5.58. The highest BCUT2D eigenvalue weighted by Crippen LogP contribution is 2.08. The molecule has 1 saturated heterocycles. The lowest BCUT2D eigenvalue weighted by atomic mass is 10.2. The first-order valence-electron chi connectivity index (χ1n) is 5.36. The van der Waals surface area contributed by atoms with Crippen molar-refractivity contribution < 1.29 is 18.9 Å². The molecule has 16 heavy (non-hydrogen) atoms. The number of likely N-dealkylation sites (tertiary alicyclic amines) is 1. The van der Waals surface area contributed by atoms with Crippen molar-refractivity contribution in [3.8, 4) is 0 Å². The molecule has 1 fully saturated rings. The van der Waals surface area contributed by atoms with Crippen LogP contribution in [-0.4, -0.2) is 50.7 Å². The molecule has 0 spiro atoms. The molecule has 0 saturated carbocycles. The van der Waals surface area contributed by atoms with Gasteiger partial charge in [-0.05, 0) is 12.8 Å². The van der Waals surface area contributed by atoms with Crippen LogP contribution >= 0.6 is 0 Å². The second kappa shape index (κ2) is 5.98. The molecule has 1 heterocycles. The van der Waals surface area contributed by atoms with Crippen molar-refractivity contribution >= 4 is 22.7 Å². The van der Waals surface area contributed by atoms with Gasteiger partial charge in [0.15, 0.2) is 0 Å². The molecule has 0 aromatic carbocycles. The Morgan fingerprint density at radius 3 is 2.44 bits per heavy atom. The lowest BCUT2D eigenvalue weighted by molar-refractivity contribution is -0.140. The zero-order valence-electron chi connectivity index (χ0n) is 9.35. The van der Waals surface area contributed by atoms with E-state index in [0.29, 0.717) is 0 Å². The summed E-state index contributed by atoms with van der Waals surface area (Å²) in [4.78, 5) is 23.8. The van der Waals surface area contributed by atoms with Crippen molar-refractivity contribution in [2.45, 2.75) is 19.8 Å². The molecule has 0 bridgehead atoms. The molecule has 1 N–H and O–H groups in total. The van der Waals surface area contributed by atoms with Crippen molar-refractivity contribution in [3.05, 3.63) is 0 Å². The Hall–Kier alpha value is -0.910. The van der Waals surface area contributed by atoms with E-state index in [1.54, 1.807) is 4.90 Å². The summed E-state index contributed by atoms with van der Waals surface area (Å²) in [7, 11) is -1.37. The van der Waals surface area contributed by atoms with Crippen molar-refractivity contribution in [2.24, 2.45) is 5.92 Å². The van der Waals surface area contributed by atoms with Gasteiger partial charge in [0.25, 0.3) is 0 Å². The predicted molar refractivity (Wildman–Crippen MR) is 60.5 cm³/mol. The minimum Gasteiger partial charge on any atom is -0.481 e. The molecule has 5 nitrogen and oxygen atoms in total. The Labute approximate surface area is 97.3 Å². The van der Waals surface area contributed by atoms with Gasteiger partial charge < -0.3 is 10.0 Å². The van der Waals surface area contributed by atoms with Crippen LogP contribution < -0.4 is 0 Å². The van der Waals surface area contributed by atoms with Crippen LogP contribution in [0.1, 0.15) is 19.8 Å². The molecular formula is C10H17NO4S. The highest BCUT2D eigenvalue weighted by atomic mass is 32.2. The van der Waals surface area contributed by atoms with Gasteiger partial charge in [-0.1, -0.05) is 6.92 Å².